The molecule has 4 nitrogen and oxygen atoms in total. The maximum absolute atomic E-state index is 8.98. The topological polar surface area (TPSA) is 51.5 Å². The maximum Gasteiger partial charge on any atom is 0.161 e. The predicted octanol–water partition coefficient (Wildman–Crippen LogP) is 3.59. The molecule has 0 heterocycles. The summed E-state index contributed by atoms with van der Waals surface area (Å²) < 4.78 is 15.4. The zero-order valence-electron chi connectivity index (χ0n) is 13.1. The lowest BCUT2D eigenvalue weighted by Crippen LogP contribution is -1.95. The van der Waals surface area contributed by atoms with Gasteiger partial charge in [-0.25, -0.2) is 0 Å². The van der Waals surface area contributed by atoms with Gasteiger partial charge in [0.1, 0.15) is 0 Å². The monoisotopic (exact) mass is 277 g/mol. The minimum Gasteiger partial charge on any atom is -0.493 e. The van der Waals surface area contributed by atoms with Crippen molar-refractivity contribution in [2.24, 2.45) is 0 Å². The standard InChI is InChI=1S/C14H17NO3.C2H6/c1-10-5-13(17-3)14(18-4)7-12(10)6-11(8-15)9-16-2;1-2/h5-7H,9H2,1-4H3;1-2H3/b11-6+;. The first-order valence-corrected chi connectivity index (χ1v) is 6.48. The average Bonchev–Trinajstić information content (AvgIpc) is 2.50. The third-order valence-corrected chi connectivity index (χ3v) is 2.55. The van der Waals surface area contributed by atoms with Crippen molar-refractivity contribution < 1.29 is 14.2 Å². The molecule has 0 bridgehead atoms. The molecule has 1 aromatic carbocycles. The second-order valence-electron chi connectivity index (χ2n) is 3.78. The van der Waals surface area contributed by atoms with Gasteiger partial charge in [0, 0.05) is 7.11 Å². The highest BCUT2D eigenvalue weighted by Crippen LogP contribution is 2.31. The summed E-state index contributed by atoms with van der Waals surface area (Å²) >= 11 is 0. The second-order valence-corrected chi connectivity index (χ2v) is 3.78. The van der Waals surface area contributed by atoms with Gasteiger partial charge in [-0.15, -0.1) is 0 Å². The summed E-state index contributed by atoms with van der Waals surface area (Å²) in [7, 11) is 4.74. The van der Waals surface area contributed by atoms with Crippen LogP contribution in [0, 0.1) is 18.3 Å². The SMILES string of the molecule is CC.COC/C(C#N)=C/c1cc(OC)c(OC)cc1C. The fraction of sp³-hybridized carbons (Fsp3) is 0.438. The van der Waals surface area contributed by atoms with E-state index in [2.05, 4.69) is 6.07 Å². The van der Waals surface area contributed by atoms with Crippen LogP contribution >= 0.6 is 0 Å². The summed E-state index contributed by atoms with van der Waals surface area (Å²) in [5.74, 6) is 1.32. The molecule has 1 aromatic rings. The molecule has 0 spiro atoms. The van der Waals surface area contributed by atoms with Gasteiger partial charge in [-0.1, -0.05) is 13.8 Å². The number of benzene rings is 1. The summed E-state index contributed by atoms with van der Waals surface area (Å²) in [6, 6.07) is 5.84. The van der Waals surface area contributed by atoms with Crippen LogP contribution in [-0.2, 0) is 4.74 Å². The molecule has 0 fully saturated rings. The lowest BCUT2D eigenvalue weighted by atomic mass is 10.0. The molecule has 0 unspecified atom stereocenters. The van der Waals surface area contributed by atoms with Crippen LogP contribution < -0.4 is 9.47 Å². The van der Waals surface area contributed by atoms with Crippen LogP contribution in [0.15, 0.2) is 17.7 Å². The molecule has 0 amide bonds. The molecule has 0 aromatic heterocycles. The Balaban J connectivity index is 0.00000172. The molecule has 1 rings (SSSR count). The number of nitrogens with zero attached hydrogens (tertiary/aromatic N) is 1. The van der Waals surface area contributed by atoms with E-state index in [0.29, 0.717) is 23.7 Å². The summed E-state index contributed by atoms with van der Waals surface area (Å²) in [5, 5.41) is 8.98. The van der Waals surface area contributed by atoms with E-state index in [1.54, 1.807) is 27.4 Å². The summed E-state index contributed by atoms with van der Waals surface area (Å²) in [6.45, 7) is 6.25. The van der Waals surface area contributed by atoms with Crippen molar-refractivity contribution in [2.75, 3.05) is 27.9 Å². The highest BCUT2D eigenvalue weighted by atomic mass is 16.5. The third-order valence-electron chi connectivity index (χ3n) is 2.55. The Morgan fingerprint density at radius 1 is 1.15 bits per heavy atom. The van der Waals surface area contributed by atoms with Crippen LogP contribution in [0.3, 0.4) is 0 Å². The van der Waals surface area contributed by atoms with Crippen molar-refractivity contribution in [3.8, 4) is 17.6 Å². The summed E-state index contributed by atoms with van der Waals surface area (Å²) in [4.78, 5) is 0. The van der Waals surface area contributed by atoms with Gasteiger partial charge >= 0.3 is 0 Å². The summed E-state index contributed by atoms with van der Waals surface area (Å²) in [6.07, 6.45) is 1.79. The Morgan fingerprint density at radius 2 is 1.70 bits per heavy atom. The lowest BCUT2D eigenvalue weighted by Gasteiger charge is -2.11. The van der Waals surface area contributed by atoms with Gasteiger partial charge in [-0.3, -0.25) is 0 Å². The molecular weight excluding hydrogens is 254 g/mol. The summed E-state index contributed by atoms with van der Waals surface area (Å²) in [5.41, 5.74) is 2.49. The van der Waals surface area contributed by atoms with Gasteiger partial charge in [-0.2, -0.15) is 5.26 Å². The molecule has 0 aliphatic carbocycles. The van der Waals surface area contributed by atoms with E-state index in [9.17, 15) is 0 Å². The molecular formula is C16H23NO3. The van der Waals surface area contributed by atoms with Crippen molar-refractivity contribution in [3.05, 3.63) is 28.8 Å². The van der Waals surface area contributed by atoms with Crippen LogP contribution in [0.1, 0.15) is 25.0 Å². The molecule has 0 radical (unpaired) electrons. The molecule has 20 heavy (non-hydrogen) atoms. The normalized spacial score (nSPS) is 10.2. The van der Waals surface area contributed by atoms with E-state index in [4.69, 9.17) is 19.5 Å². The molecule has 110 valence electrons. The van der Waals surface area contributed by atoms with E-state index in [-0.39, 0.29) is 0 Å². The number of ether oxygens (including phenoxy) is 3. The fourth-order valence-corrected chi connectivity index (χ4v) is 1.60. The number of methoxy groups -OCH3 is 3. The molecule has 0 atom stereocenters. The zero-order valence-corrected chi connectivity index (χ0v) is 13.1. The second kappa shape index (κ2) is 9.88. The smallest absolute Gasteiger partial charge is 0.161 e. The molecule has 0 aliphatic heterocycles. The molecule has 0 saturated carbocycles. The molecule has 0 aliphatic rings. The van der Waals surface area contributed by atoms with Crippen molar-refractivity contribution in [3.63, 3.8) is 0 Å². The van der Waals surface area contributed by atoms with Gasteiger partial charge in [0.15, 0.2) is 11.5 Å². The van der Waals surface area contributed by atoms with Crippen LogP contribution in [0.2, 0.25) is 0 Å². The van der Waals surface area contributed by atoms with E-state index < -0.39 is 0 Å². The first-order chi connectivity index (χ1) is 9.65. The minimum atomic E-state index is 0.296. The van der Waals surface area contributed by atoms with E-state index in [1.807, 2.05) is 32.9 Å². The largest absolute Gasteiger partial charge is 0.493 e. The number of nitriles is 1. The number of aryl methyl sites for hydroxylation is 1. The van der Waals surface area contributed by atoms with Crippen LogP contribution in [0.4, 0.5) is 0 Å². The van der Waals surface area contributed by atoms with Crippen molar-refractivity contribution in [2.45, 2.75) is 20.8 Å². The highest BCUT2D eigenvalue weighted by Gasteiger charge is 2.08. The molecule has 0 N–H and O–H groups in total. The van der Waals surface area contributed by atoms with Gasteiger partial charge in [-0.05, 0) is 36.3 Å². The van der Waals surface area contributed by atoms with Crippen molar-refractivity contribution >= 4 is 6.08 Å². The van der Waals surface area contributed by atoms with Gasteiger partial charge < -0.3 is 14.2 Å². The Bertz CT molecular complexity index is 487. The quantitative estimate of drug-likeness (QED) is 0.772. The average molecular weight is 277 g/mol. The first kappa shape index (κ1) is 18.0. The van der Waals surface area contributed by atoms with Gasteiger partial charge in [0.05, 0.1) is 32.5 Å². The molecule has 4 heteroatoms. The van der Waals surface area contributed by atoms with Gasteiger partial charge in [0.25, 0.3) is 0 Å². The number of hydrogen-bond acceptors (Lipinski definition) is 4. The fourth-order valence-electron chi connectivity index (χ4n) is 1.60. The Labute approximate surface area is 121 Å². The third kappa shape index (κ3) is 4.94. The highest BCUT2D eigenvalue weighted by molar-refractivity contribution is 5.64. The van der Waals surface area contributed by atoms with Crippen LogP contribution in [0.25, 0.3) is 6.08 Å². The predicted molar refractivity (Wildman–Crippen MR) is 81.1 cm³/mol. The van der Waals surface area contributed by atoms with Crippen LogP contribution in [-0.4, -0.2) is 27.9 Å². The van der Waals surface area contributed by atoms with Crippen LogP contribution in [0.5, 0.6) is 11.5 Å². The van der Waals surface area contributed by atoms with E-state index in [0.717, 1.165) is 11.1 Å². The van der Waals surface area contributed by atoms with E-state index >= 15 is 0 Å². The Kier molecular flexibility index (Phi) is 8.89. The van der Waals surface area contributed by atoms with E-state index in [1.165, 1.54) is 0 Å². The first-order valence-electron chi connectivity index (χ1n) is 6.48. The minimum absolute atomic E-state index is 0.296. The number of hydrogen-bond donors (Lipinski definition) is 0. The Morgan fingerprint density at radius 3 is 2.15 bits per heavy atom. The maximum atomic E-state index is 8.98. The zero-order chi connectivity index (χ0) is 15.5. The Hall–Kier alpha value is -1.99. The number of rotatable bonds is 5. The van der Waals surface area contributed by atoms with Crippen molar-refractivity contribution in [1.82, 2.24) is 0 Å². The van der Waals surface area contributed by atoms with Crippen molar-refractivity contribution in [1.29, 1.82) is 5.26 Å². The molecule has 0 saturated heterocycles. The van der Waals surface area contributed by atoms with Gasteiger partial charge in [0.2, 0.25) is 0 Å². The lowest BCUT2D eigenvalue weighted by molar-refractivity contribution is 0.229.